The number of carbonyl (C=O) groups excluding carboxylic acids is 2. The molecule has 0 saturated heterocycles. The van der Waals surface area contributed by atoms with E-state index in [1.165, 1.54) is 24.5 Å². The first-order valence-corrected chi connectivity index (χ1v) is 8.31. The Morgan fingerprint density at radius 1 is 1.32 bits per heavy atom. The standard InChI is InChI=1S/C17H16N2O5S/c1-9-10(2)25-16(18-11(3)20)15(9)17(21)23-8-12-7-14(24-19-12)13-5-4-6-22-13/h4-7H,8H2,1-3H3,(H,18,20). The number of amides is 1. The minimum absolute atomic E-state index is 0.0448. The van der Waals surface area contributed by atoms with Gasteiger partial charge in [-0.3, -0.25) is 4.79 Å². The van der Waals surface area contributed by atoms with Crippen molar-refractivity contribution in [3.63, 3.8) is 0 Å². The third-order valence-electron chi connectivity index (χ3n) is 3.55. The van der Waals surface area contributed by atoms with Crippen LogP contribution in [-0.4, -0.2) is 17.0 Å². The number of nitrogens with zero attached hydrogens (tertiary/aromatic N) is 1. The molecule has 0 aromatic carbocycles. The Labute approximate surface area is 147 Å². The van der Waals surface area contributed by atoms with Crippen molar-refractivity contribution in [3.05, 3.63) is 46.2 Å². The molecule has 0 aliphatic rings. The second-order valence-electron chi connectivity index (χ2n) is 5.40. The molecular weight excluding hydrogens is 344 g/mol. The van der Waals surface area contributed by atoms with E-state index in [0.717, 1.165) is 10.4 Å². The Morgan fingerprint density at radius 3 is 2.80 bits per heavy atom. The van der Waals surface area contributed by atoms with Gasteiger partial charge in [-0.1, -0.05) is 5.16 Å². The average molecular weight is 360 g/mol. The first kappa shape index (κ1) is 17.0. The number of carbonyl (C=O) groups is 2. The van der Waals surface area contributed by atoms with Crippen LogP contribution >= 0.6 is 11.3 Å². The molecule has 0 bridgehead atoms. The molecule has 0 atom stereocenters. The number of ether oxygens (including phenoxy) is 1. The zero-order chi connectivity index (χ0) is 18.0. The van der Waals surface area contributed by atoms with E-state index < -0.39 is 5.97 Å². The van der Waals surface area contributed by atoms with Crippen LogP contribution in [0, 0.1) is 13.8 Å². The zero-order valence-corrected chi connectivity index (χ0v) is 14.7. The summed E-state index contributed by atoms with van der Waals surface area (Å²) in [6, 6.07) is 5.13. The highest BCUT2D eigenvalue weighted by Crippen LogP contribution is 2.33. The van der Waals surface area contributed by atoms with E-state index in [0.29, 0.717) is 27.8 Å². The molecule has 0 saturated carbocycles. The molecule has 0 aliphatic carbocycles. The lowest BCUT2D eigenvalue weighted by Gasteiger charge is -2.06. The molecule has 1 amide bonds. The number of furan rings is 1. The van der Waals surface area contributed by atoms with Gasteiger partial charge in [-0.05, 0) is 31.5 Å². The van der Waals surface area contributed by atoms with Gasteiger partial charge >= 0.3 is 5.97 Å². The van der Waals surface area contributed by atoms with Crippen LogP contribution in [0.4, 0.5) is 5.00 Å². The molecule has 25 heavy (non-hydrogen) atoms. The highest BCUT2D eigenvalue weighted by atomic mass is 32.1. The third-order valence-corrected chi connectivity index (χ3v) is 4.68. The molecular formula is C17H16N2O5S. The average Bonchev–Trinajstić information content (AvgIpc) is 3.27. The topological polar surface area (TPSA) is 94.6 Å². The molecule has 3 heterocycles. The maximum Gasteiger partial charge on any atom is 0.341 e. The van der Waals surface area contributed by atoms with Gasteiger partial charge < -0.3 is 19.0 Å². The highest BCUT2D eigenvalue weighted by molar-refractivity contribution is 7.16. The van der Waals surface area contributed by atoms with Crippen LogP contribution in [0.2, 0.25) is 0 Å². The van der Waals surface area contributed by atoms with Crippen molar-refractivity contribution >= 4 is 28.2 Å². The first-order valence-electron chi connectivity index (χ1n) is 7.50. The fraction of sp³-hybridized carbons (Fsp3) is 0.235. The minimum atomic E-state index is -0.520. The molecule has 0 unspecified atom stereocenters. The van der Waals surface area contributed by atoms with Crippen molar-refractivity contribution < 1.29 is 23.3 Å². The second-order valence-corrected chi connectivity index (χ2v) is 6.63. The molecule has 0 radical (unpaired) electrons. The number of esters is 1. The molecule has 3 aromatic rings. The Hall–Kier alpha value is -2.87. The van der Waals surface area contributed by atoms with Crippen molar-refractivity contribution in [1.29, 1.82) is 0 Å². The predicted molar refractivity (Wildman–Crippen MR) is 91.4 cm³/mol. The van der Waals surface area contributed by atoms with E-state index in [1.807, 2.05) is 13.8 Å². The van der Waals surface area contributed by atoms with Crippen LogP contribution in [0.1, 0.15) is 33.4 Å². The van der Waals surface area contributed by atoms with Crippen molar-refractivity contribution in [2.45, 2.75) is 27.4 Å². The summed E-state index contributed by atoms with van der Waals surface area (Å²) in [5.74, 6) is 0.239. The van der Waals surface area contributed by atoms with E-state index in [9.17, 15) is 9.59 Å². The Balaban J connectivity index is 1.72. The van der Waals surface area contributed by atoms with E-state index >= 15 is 0 Å². The predicted octanol–water partition coefficient (Wildman–Crippen LogP) is 3.93. The number of aromatic nitrogens is 1. The molecule has 7 nitrogen and oxygen atoms in total. The van der Waals surface area contributed by atoms with Crippen LogP contribution in [0.3, 0.4) is 0 Å². The van der Waals surface area contributed by atoms with Crippen molar-refractivity contribution in [3.8, 4) is 11.5 Å². The van der Waals surface area contributed by atoms with E-state index in [1.54, 1.807) is 18.2 Å². The summed E-state index contributed by atoms with van der Waals surface area (Å²) in [4.78, 5) is 24.7. The second kappa shape index (κ2) is 6.94. The fourth-order valence-electron chi connectivity index (χ4n) is 2.25. The maximum absolute atomic E-state index is 12.4. The van der Waals surface area contributed by atoms with Crippen molar-refractivity contribution in [2.24, 2.45) is 0 Å². The first-order chi connectivity index (χ1) is 12.0. The summed E-state index contributed by atoms with van der Waals surface area (Å²) < 4.78 is 15.7. The Bertz CT molecular complexity index is 908. The van der Waals surface area contributed by atoms with Crippen LogP contribution in [0.15, 0.2) is 33.4 Å². The molecule has 8 heteroatoms. The van der Waals surface area contributed by atoms with Gasteiger partial charge in [-0.15, -0.1) is 11.3 Å². The summed E-state index contributed by atoms with van der Waals surface area (Å²) in [6.45, 7) is 5.05. The molecule has 0 aliphatic heterocycles. The summed E-state index contributed by atoms with van der Waals surface area (Å²) in [5.41, 5.74) is 1.62. The number of nitrogens with one attached hydrogen (secondary N) is 1. The summed E-state index contributed by atoms with van der Waals surface area (Å²) >= 11 is 1.34. The van der Waals surface area contributed by atoms with Gasteiger partial charge in [0.2, 0.25) is 11.7 Å². The van der Waals surface area contributed by atoms with Crippen LogP contribution < -0.4 is 5.32 Å². The van der Waals surface area contributed by atoms with E-state index in [-0.39, 0.29) is 12.5 Å². The number of hydrogen-bond donors (Lipinski definition) is 1. The number of aryl methyl sites for hydroxylation is 1. The van der Waals surface area contributed by atoms with Crippen molar-refractivity contribution in [2.75, 3.05) is 5.32 Å². The lowest BCUT2D eigenvalue weighted by Crippen LogP contribution is -2.12. The quantitative estimate of drug-likeness (QED) is 0.693. The summed E-state index contributed by atoms with van der Waals surface area (Å²) in [6.07, 6.45) is 1.53. The van der Waals surface area contributed by atoms with E-state index in [2.05, 4.69) is 10.5 Å². The van der Waals surface area contributed by atoms with Crippen LogP contribution in [0.5, 0.6) is 0 Å². The van der Waals surface area contributed by atoms with Gasteiger partial charge in [0.1, 0.15) is 17.3 Å². The van der Waals surface area contributed by atoms with Gasteiger partial charge in [-0.2, -0.15) is 0 Å². The fourth-order valence-corrected chi connectivity index (χ4v) is 3.34. The highest BCUT2D eigenvalue weighted by Gasteiger charge is 2.22. The molecule has 3 rings (SSSR count). The maximum atomic E-state index is 12.4. The SMILES string of the molecule is CC(=O)Nc1sc(C)c(C)c1C(=O)OCc1cc(-c2ccco2)on1. The van der Waals surface area contributed by atoms with Gasteiger partial charge in [0, 0.05) is 17.9 Å². The van der Waals surface area contributed by atoms with Crippen molar-refractivity contribution in [1.82, 2.24) is 5.16 Å². The van der Waals surface area contributed by atoms with Gasteiger partial charge in [0.25, 0.3) is 0 Å². The lowest BCUT2D eigenvalue weighted by molar-refractivity contribution is -0.114. The number of hydrogen-bond acceptors (Lipinski definition) is 7. The van der Waals surface area contributed by atoms with Gasteiger partial charge in [0.05, 0.1) is 11.8 Å². The Morgan fingerprint density at radius 2 is 2.12 bits per heavy atom. The Kier molecular flexibility index (Phi) is 4.71. The van der Waals surface area contributed by atoms with E-state index in [4.69, 9.17) is 13.7 Å². The largest absolute Gasteiger partial charge is 0.461 e. The normalized spacial score (nSPS) is 10.7. The minimum Gasteiger partial charge on any atom is -0.461 e. The molecule has 3 aromatic heterocycles. The zero-order valence-electron chi connectivity index (χ0n) is 13.9. The summed E-state index contributed by atoms with van der Waals surface area (Å²) in [5, 5.41) is 7.02. The monoisotopic (exact) mass is 360 g/mol. The molecule has 0 fully saturated rings. The lowest BCUT2D eigenvalue weighted by atomic mass is 10.1. The smallest absolute Gasteiger partial charge is 0.341 e. The van der Waals surface area contributed by atoms with Crippen LogP contribution in [0.25, 0.3) is 11.5 Å². The molecule has 130 valence electrons. The molecule has 1 N–H and O–H groups in total. The summed E-state index contributed by atoms with van der Waals surface area (Å²) in [7, 11) is 0. The van der Waals surface area contributed by atoms with Crippen LogP contribution in [-0.2, 0) is 16.1 Å². The number of rotatable bonds is 5. The van der Waals surface area contributed by atoms with Gasteiger partial charge in [-0.25, -0.2) is 4.79 Å². The third kappa shape index (κ3) is 3.63. The number of thiophene rings is 1. The molecule has 0 spiro atoms. The number of anilines is 1. The van der Waals surface area contributed by atoms with Gasteiger partial charge in [0.15, 0.2) is 5.76 Å².